The van der Waals surface area contributed by atoms with Crippen molar-refractivity contribution in [2.75, 3.05) is 11.9 Å². The maximum atomic E-state index is 5.29. The summed E-state index contributed by atoms with van der Waals surface area (Å²) in [5, 5.41) is 7.13. The van der Waals surface area contributed by atoms with E-state index < -0.39 is 0 Å². The monoisotopic (exact) mass is 383 g/mol. The van der Waals surface area contributed by atoms with Gasteiger partial charge in [0.1, 0.15) is 0 Å². The van der Waals surface area contributed by atoms with Crippen molar-refractivity contribution in [2.24, 2.45) is 0 Å². The molecule has 146 valence electrons. The maximum Gasteiger partial charge on any atom is 0.170 e. The molecule has 27 heavy (non-hydrogen) atoms. The van der Waals surface area contributed by atoms with Crippen LogP contribution in [0.25, 0.3) is 0 Å². The lowest BCUT2D eigenvalue weighted by atomic mass is 10.0. The van der Waals surface area contributed by atoms with Gasteiger partial charge in [0.05, 0.1) is 0 Å². The number of nitrogens with zero attached hydrogens (tertiary/aromatic N) is 1. The van der Waals surface area contributed by atoms with Crippen molar-refractivity contribution in [3.63, 3.8) is 0 Å². The second-order valence-corrected chi connectivity index (χ2v) is 7.44. The number of hydrogen-bond acceptors (Lipinski definition) is 2. The molecule has 2 N–H and O–H groups in total. The number of benzene rings is 1. The summed E-state index contributed by atoms with van der Waals surface area (Å²) in [6.45, 7) is 0.941. The van der Waals surface area contributed by atoms with E-state index in [4.69, 9.17) is 12.2 Å². The minimum Gasteiger partial charge on any atom is -0.362 e. The van der Waals surface area contributed by atoms with Gasteiger partial charge in [-0.15, -0.1) is 0 Å². The molecule has 0 radical (unpaired) electrons. The molecule has 1 heterocycles. The molecule has 0 aliphatic carbocycles. The van der Waals surface area contributed by atoms with Crippen LogP contribution in [0.4, 0.5) is 5.69 Å². The summed E-state index contributed by atoms with van der Waals surface area (Å²) in [6.07, 6.45) is 16.7. The lowest BCUT2D eigenvalue weighted by molar-refractivity contribution is 0.557. The number of pyridine rings is 1. The van der Waals surface area contributed by atoms with Crippen molar-refractivity contribution in [2.45, 2.75) is 64.2 Å². The highest BCUT2D eigenvalue weighted by molar-refractivity contribution is 7.80. The molecule has 2 aromatic rings. The molecule has 2 rings (SSSR count). The first-order valence-electron chi connectivity index (χ1n) is 10.3. The zero-order valence-corrected chi connectivity index (χ0v) is 17.1. The Hall–Kier alpha value is -1.94. The van der Waals surface area contributed by atoms with Crippen LogP contribution in [-0.2, 0) is 6.42 Å². The lowest BCUT2D eigenvalue weighted by Gasteiger charge is -2.10. The van der Waals surface area contributed by atoms with Crippen LogP contribution in [0.1, 0.15) is 63.4 Å². The van der Waals surface area contributed by atoms with Gasteiger partial charge in [0.25, 0.3) is 0 Å². The molecule has 0 fully saturated rings. The van der Waals surface area contributed by atoms with Crippen LogP contribution in [-0.4, -0.2) is 16.6 Å². The third kappa shape index (κ3) is 10.7. The number of aryl methyl sites for hydroxylation is 1. The molecule has 3 nitrogen and oxygen atoms in total. The second-order valence-electron chi connectivity index (χ2n) is 7.03. The number of unbranched alkanes of at least 4 members (excludes halogenated alkanes) is 8. The fraction of sp³-hybridized carbons (Fsp3) is 0.478. The summed E-state index contributed by atoms with van der Waals surface area (Å²) < 4.78 is 0. The number of thiocarbonyl (C=S) groups is 1. The summed E-state index contributed by atoms with van der Waals surface area (Å²) in [6, 6.07) is 14.7. The van der Waals surface area contributed by atoms with E-state index in [9.17, 15) is 0 Å². The zero-order valence-electron chi connectivity index (χ0n) is 16.3. The smallest absolute Gasteiger partial charge is 0.170 e. The van der Waals surface area contributed by atoms with Crippen LogP contribution in [0.2, 0.25) is 0 Å². The number of rotatable bonds is 13. The summed E-state index contributed by atoms with van der Waals surface area (Å²) in [5.74, 6) is 0. The summed E-state index contributed by atoms with van der Waals surface area (Å²) in [5.41, 5.74) is 2.45. The fourth-order valence-corrected chi connectivity index (χ4v) is 3.37. The summed E-state index contributed by atoms with van der Waals surface area (Å²) in [4.78, 5) is 3.99. The predicted molar refractivity (Wildman–Crippen MR) is 120 cm³/mol. The normalized spacial score (nSPS) is 10.5. The quantitative estimate of drug-likeness (QED) is 0.323. The van der Waals surface area contributed by atoms with Gasteiger partial charge in [-0.2, -0.15) is 0 Å². The maximum absolute atomic E-state index is 5.29. The number of hydrogen-bond donors (Lipinski definition) is 2. The molecule has 0 bridgehead atoms. The van der Waals surface area contributed by atoms with Crippen molar-refractivity contribution < 1.29 is 0 Å². The van der Waals surface area contributed by atoms with Crippen LogP contribution in [0.15, 0.2) is 54.9 Å². The van der Waals surface area contributed by atoms with Gasteiger partial charge in [-0.05, 0) is 49.2 Å². The van der Waals surface area contributed by atoms with Gasteiger partial charge in [0, 0.05) is 24.6 Å². The van der Waals surface area contributed by atoms with Crippen molar-refractivity contribution in [1.82, 2.24) is 10.3 Å². The first-order valence-corrected chi connectivity index (χ1v) is 10.7. The van der Waals surface area contributed by atoms with Gasteiger partial charge in [0.2, 0.25) is 0 Å². The Labute approximate surface area is 170 Å². The predicted octanol–water partition coefficient (Wildman–Crippen LogP) is 6.12. The highest BCUT2D eigenvalue weighted by Crippen LogP contribution is 2.12. The van der Waals surface area contributed by atoms with E-state index in [0.717, 1.165) is 12.2 Å². The molecule has 0 saturated carbocycles. The summed E-state index contributed by atoms with van der Waals surface area (Å²) in [7, 11) is 0. The molecule has 0 saturated heterocycles. The Morgan fingerprint density at radius 2 is 1.33 bits per heavy atom. The first kappa shape index (κ1) is 21.4. The van der Waals surface area contributed by atoms with Gasteiger partial charge in [-0.25, -0.2) is 0 Å². The zero-order chi connectivity index (χ0) is 19.0. The third-order valence-electron chi connectivity index (χ3n) is 4.71. The second kappa shape index (κ2) is 14.2. The molecular formula is C23H33N3S. The van der Waals surface area contributed by atoms with Crippen molar-refractivity contribution in [3.8, 4) is 0 Å². The van der Waals surface area contributed by atoms with E-state index in [1.807, 2.05) is 12.1 Å². The Kier molecular flexibility index (Phi) is 11.2. The highest BCUT2D eigenvalue weighted by Gasteiger charge is 1.97. The van der Waals surface area contributed by atoms with Crippen LogP contribution >= 0.6 is 12.2 Å². The Morgan fingerprint density at radius 3 is 2.00 bits per heavy atom. The van der Waals surface area contributed by atoms with Gasteiger partial charge < -0.3 is 10.6 Å². The molecule has 1 aromatic heterocycles. The topological polar surface area (TPSA) is 37.0 Å². The molecule has 0 spiro atoms. The van der Waals surface area contributed by atoms with Crippen LogP contribution in [0.5, 0.6) is 0 Å². The number of aromatic nitrogens is 1. The van der Waals surface area contributed by atoms with E-state index in [-0.39, 0.29) is 0 Å². The van der Waals surface area contributed by atoms with E-state index in [1.54, 1.807) is 12.4 Å². The number of nitrogens with one attached hydrogen (secondary N) is 2. The van der Waals surface area contributed by atoms with Crippen LogP contribution in [0, 0.1) is 0 Å². The van der Waals surface area contributed by atoms with Gasteiger partial charge in [-0.3, -0.25) is 4.98 Å². The van der Waals surface area contributed by atoms with Crippen molar-refractivity contribution in [3.05, 3.63) is 60.4 Å². The minimum atomic E-state index is 0.691. The molecule has 4 heteroatoms. The molecule has 0 amide bonds. The van der Waals surface area contributed by atoms with Crippen LogP contribution in [0.3, 0.4) is 0 Å². The standard InChI is InChI=1S/C23H33N3S/c27-23(26-22-16-19-24-20-17-22)25-18-12-7-5-3-1-2-4-6-9-13-21-14-10-8-11-15-21/h8,10-11,14-17,19-20H,1-7,9,12-13,18H2,(H2,24,25,26,27). The van der Waals surface area contributed by atoms with Crippen molar-refractivity contribution >= 4 is 23.0 Å². The molecule has 0 aliphatic heterocycles. The SMILES string of the molecule is S=C(NCCCCCCCCCCCc1ccccc1)Nc1ccncc1. The molecular weight excluding hydrogens is 350 g/mol. The minimum absolute atomic E-state index is 0.691. The van der Waals surface area contributed by atoms with E-state index in [0.29, 0.717) is 5.11 Å². The molecule has 0 atom stereocenters. The fourth-order valence-electron chi connectivity index (χ4n) is 3.15. The van der Waals surface area contributed by atoms with Gasteiger partial charge >= 0.3 is 0 Å². The first-order chi connectivity index (χ1) is 13.3. The Bertz CT molecular complexity index is 616. The molecule has 0 aliphatic rings. The van der Waals surface area contributed by atoms with E-state index >= 15 is 0 Å². The average molecular weight is 384 g/mol. The molecule has 0 unspecified atom stereocenters. The van der Waals surface area contributed by atoms with Gasteiger partial charge in [-0.1, -0.05) is 75.3 Å². The lowest BCUT2D eigenvalue weighted by Crippen LogP contribution is -2.29. The van der Waals surface area contributed by atoms with E-state index in [1.165, 1.54) is 69.8 Å². The van der Waals surface area contributed by atoms with Crippen molar-refractivity contribution in [1.29, 1.82) is 0 Å². The Balaban J connectivity index is 1.33. The van der Waals surface area contributed by atoms with Gasteiger partial charge in [0.15, 0.2) is 5.11 Å². The largest absolute Gasteiger partial charge is 0.362 e. The van der Waals surface area contributed by atoms with E-state index in [2.05, 4.69) is 45.9 Å². The number of anilines is 1. The average Bonchev–Trinajstić information content (AvgIpc) is 2.70. The highest BCUT2D eigenvalue weighted by atomic mass is 32.1. The molecule has 1 aromatic carbocycles. The summed E-state index contributed by atoms with van der Waals surface area (Å²) >= 11 is 5.29. The Morgan fingerprint density at radius 1 is 0.741 bits per heavy atom. The third-order valence-corrected chi connectivity index (χ3v) is 4.96. The van der Waals surface area contributed by atoms with Crippen LogP contribution < -0.4 is 10.6 Å².